The standard InChI is InChI=1S/C20H22N4O2/c1-14-6-4-7-15(2)20(14)23-19(26)13-24(3)12-18(25)22-17-9-5-8-16(10-17)11-21/h4-10H,12-13H2,1-3H3,(H,22,25)(H,23,26)/p+1. The summed E-state index contributed by atoms with van der Waals surface area (Å²) in [6.07, 6.45) is 0. The summed E-state index contributed by atoms with van der Waals surface area (Å²) >= 11 is 0. The normalized spacial score (nSPS) is 11.3. The monoisotopic (exact) mass is 351 g/mol. The lowest BCUT2D eigenvalue weighted by Gasteiger charge is -2.15. The number of hydrogen-bond donors (Lipinski definition) is 3. The van der Waals surface area contributed by atoms with Crippen molar-refractivity contribution in [2.45, 2.75) is 13.8 Å². The maximum atomic E-state index is 12.3. The average molecular weight is 351 g/mol. The Morgan fingerprint density at radius 2 is 1.58 bits per heavy atom. The number of rotatable bonds is 6. The van der Waals surface area contributed by atoms with Crippen LogP contribution >= 0.6 is 0 Å². The number of anilines is 2. The van der Waals surface area contributed by atoms with E-state index in [1.807, 2.05) is 38.1 Å². The number of carbonyl (C=O) groups is 2. The summed E-state index contributed by atoms with van der Waals surface area (Å²) in [4.78, 5) is 25.1. The SMILES string of the molecule is Cc1cccc(C)c1NC(=O)C[NH+](C)CC(=O)Nc1cccc(C#N)c1. The first-order valence-corrected chi connectivity index (χ1v) is 8.36. The lowest BCUT2D eigenvalue weighted by Crippen LogP contribution is -3.11. The summed E-state index contributed by atoms with van der Waals surface area (Å²) in [5.41, 5.74) is 3.89. The zero-order valence-electron chi connectivity index (χ0n) is 15.2. The van der Waals surface area contributed by atoms with E-state index in [2.05, 4.69) is 10.6 Å². The van der Waals surface area contributed by atoms with E-state index in [0.717, 1.165) is 21.7 Å². The molecule has 2 aromatic rings. The van der Waals surface area contributed by atoms with Crippen LogP contribution in [-0.4, -0.2) is 32.0 Å². The minimum atomic E-state index is -0.211. The van der Waals surface area contributed by atoms with Gasteiger partial charge < -0.3 is 15.5 Å². The van der Waals surface area contributed by atoms with E-state index in [4.69, 9.17) is 5.26 Å². The summed E-state index contributed by atoms with van der Waals surface area (Å²) in [5, 5.41) is 14.6. The highest BCUT2D eigenvalue weighted by atomic mass is 16.2. The van der Waals surface area contributed by atoms with Gasteiger partial charge in [-0.3, -0.25) is 9.59 Å². The number of carbonyl (C=O) groups excluding carboxylic acids is 2. The van der Waals surface area contributed by atoms with Gasteiger partial charge >= 0.3 is 0 Å². The van der Waals surface area contributed by atoms with Crippen LogP contribution in [0.15, 0.2) is 42.5 Å². The van der Waals surface area contributed by atoms with Crippen LogP contribution in [-0.2, 0) is 9.59 Å². The highest BCUT2D eigenvalue weighted by molar-refractivity contribution is 5.94. The van der Waals surface area contributed by atoms with Gasteiger partial charge in [-0.05, 0) is 43.2 Å². The highest BCUT2D eigenvalue weighted by Crippen LogP contribution is 2.18. The van der Waals surface area contributed by atoms with Crippen LogP contribution < -0.4 is 15.5 Å². The van der Waals surface area contributed by atoms with Gasteiger partial charge in [-0.15, -0.1) is 0 Å². The van der Waals surface area contributed by atoms with E-state index in [9.17, 15) is 9.59 Å². The average Bonchev–Trinajstić information content (AvgIpc) is 2.58. The third kappa shape index (κ3) is 5.43. The predicted octanol–water partition coefficient (Wildman–Crippen LogP) is 1.27. The Labute approximate surface area is 153 Å². The molecule has 3 N–H and O–H groups in total. The third-order valence-corrected chi connectivity index (χ3v) is 3.95. The molecule has 2 rings (SSSR count). The van der Waals surface area contributed by atoms with E-state index in [1.165, 1.54) is 0 Å². The van der Waals surface area contributed by atoms with Gasteiger partial charge in [0, 0.05) is 11.4 Å². The number of hydrogen-bond acceptors (Lipinski definition) is 3. The molecular formula is C20H23N4O2+. The molecule has 1 atom stereocenters. The lowest BCUT2D eigenvalue weighted by molar-refractivity contribution is -0.862. The Hall–Kier alpha value is -3.17. The molecule has 0 aliphatic rings. The van der Waals surface area contributed by atoms with Gasteiger partial charge in [0.1, 0.15) is 0 Å². The fraction of sp³-hybridized carbons (Fsp3) is 0.250. The number of benzene rings is 2. The Bertz CT molecular complexity index is 835. The molecule has 0 aliphatic heterocycles. The molecule has 0 aliphatic carbocycles. The summed E-state index contributed by atoms with van der Waals surface area (Å²) in [6.45, 7) is 4.22. The second-order valence-electron chi connectivity index (χ2n) is 6.37. The molecule has 0 aromatic heterocycles. The van der Waals surface area contributed by atoms with Gasteiger partial charge in [0.15, 0.2) is 13.1 Å². The van der Waals surface area contributed by atoms with Crippen molar-refractivity contribution in [2.75, 3.05) is 30.8 Å². The van der Waals surface area contributed by atoms with Gasteiger partial charge in [-0.1, -0.05) is 24.3 Å². The minimum absolute atomic E-state index is 0.140. The summed E-state index contributed by atoms with van der Waals surface area (Å²) in [5.74, 6) is -0.350. The van der Waals surface area contributed by atoms with E-state index < -0.39 is 0 Å². The first-order valence-electron chi connectivity index (χ1n) is 8.36. The zero-order valence-corrected chi connectivity index (χ0v) is 15.2. The Kier molecular flexibility index (Phi) is 6.48. The molecule has 26 heavy (non-hydrogen) atoms. The van der Waals surface area contributed by atoms with Crippen molar-refractivity contribution in [3.05, 3.63) is 59.2 Å². The fourth-order valence-corrected chi connectivity index (χ4v) is 2.68. The van der Waals surface area contributed by atoms with Gasteiger partial charge in [0.05, 0.1) is 18.7 Å². The zero-order chi connectivity index (χ0) is 19.1. The third-order valence-electron chi connectivity index (χ3n) is 3.95. The van der Waals surface area contributed by atoms with Crippen molar-refractivity contribution in [1.82, 2.24) is 0 Å². The van der Waals surface area contributed by atoms with Crippen LogP contribution in [0, 0.1) is 25.2 Å². The van der Waals surface area contributed by atoms with Crippen LogP contribution in [0.1, 0.15) is 16.7 Å². The summed E-state index contributed by atoms with van der Waals surface area (Å²) in [6, 6.07) is 14.6. The van der Waals surface area contributed by atoms with E-state index in [1.54, 1.807) is 31.3 Å². The molecule has 0 saturated carbocycles. The topological polar surface area (TPSA) is 86.4 Å². The molecule has 0 fully saturated rings. The Morgan fingerprint density at radius 1 is 1.00 bits per heavy atom. The molecule has 0 heterocycles. The molecular weight excluding hydrogens is 328 g/mol. The number of amides is 2. The summed E-state index contributed by atoms with van der Waals surface area (Å²) in [7, 11) is 1.79. The number of aryl methyl sites for hydroxylation is 2. The molecule has 6 nitrogen and oxygen atoms in total. The number of nitrogens with zero attached hydrogens (tertiary/aromatic N) is 1. The van der Waals surface area contributed by atoms with Gasteiger partial charge in [0.2, 0.25) is 0 Å². The number of likely N-dealkylation sites (N-methyl/N-ethyl adjacent to an activating group) is 1. The van der Waals surface area contributed by atoms with Gasteiger partial charge in [0.25, 0.3) is 11.8 Å². The van der Waals surface area contributed by atoms with Gasteiger partial charge in [-0.2, -0.15) is 5.26 Å². The van der Waals surface area contributed by atoms with Crippen LogP contribution in [0.5, 0.6) is 0 Å². The number of nitrogens with one attached hydrogen (secondary N) is 3. The molecule has 0 saturated heterocycles. The van der Waals surface area contributed by atoms with Gasteiger partial charge in [-0.25, -0.2) is 0 Å². The van der Waals surface area contributed by atoms with Crippen LogP contribution in [0.3, 0.4) is 0 Å². The number of para-hydroxylation sites is 1. The number of nitriles is 1. The molecule has 1 unspecified atom stereocenters. The van der Waals surface area contributed by atoms with Crippen molar-refractivity contribution >= 4 is 23.2 Å². The first kappa shape index (κ1) is 19.2. The van der Waals surface area contributed by atoms with Crippen molar-refractivity contribution in [3.8, 4) is 6.07 Å². The van der Waals surface area contributed by atoms with Crippen LogP contribution in [0.4, 0.5) is 11.4 Å². The van der Waals surface area contributed by atoms with E-state index in [-0.39, 0.29) is 24.9 Å². The van der Waals surface area contributed by atoms with Crippen molar-refractivity contribution < 1.29 is 14.5 Å². The number of quaternary nitrogens is 1. The molecule has 0 spiro atoms. The Morgan fingerprint density at radius 3 is 2.19 bits per heavy atom. The summed E-state index contributed by atoms with van der Waals surface area (Å²) < 4.78 is 0. The quantitative estimate of drug-likeness (QED) is 0.732. The Balaban J connectivity index is 1.87. The van der Waals surface area contributed by atoms with Crippen molar-refractivity contribution in [3.63, 3.8) is 0 Å². The molecule has 2 amide bonds. The minimum Gasteiger partial charge on any atom is -0.322 e. The maximum Gasteiger partial charge on any atom is 0.279 e. The second kappa shape index (κ2) is 8.79. The van der Waals surface area contributed by atoms with E-state index in [0.29, 0.717) is 11.3 Å². The first-order chi connectivity index (χ1) is 12.4. The molecule has 0 radical (unpaired) electrons. The maximum absolute atomic E-state index is 12.3. The van der Waals surface area contributed by atoms with Crippen molar-refractivity contribution in [2.24, 2.45) is 0 Å². The van der Waals surface area contributed by atoms with Crippen LogP contribution in [0.2, 0.25) is 0 Å². The largest absolute Gasteiger partial charge is 0.322 e. The van der Waals surface area contributed by atoms with Crippen molar-refractivity contribution in [1.29, 1.82) is 5.26 Å². The molecule has 6 heteroatoms. The lowest BCUT2D eigenvalue weighted by atomic mass is 10.1. The highest BCUT2D eigenvalue weighted by Gasteiger charge is 2.16. The van der Waals surface area contributed by atoms with E-state index >= 15 is 0 Å². The van der Waals surface area contributed by atoms with Crippen LogP contribution in [0.25, 0.3) is 0 Å². The smallest absolute Gasteiger partial charge is 0.279 e. The molecule has 0 bridgehead atoms. The fourth-order valence-electron chi connectivity index (χ4n) is 2.68. The second-order valence-corrected chi connectivity index (χ2v) is 6.37. The molecule has 134 valence electrons. The molecule has 2 aromatic carbocycles. The predicted molar refractivity (Wildman–Crippen MR) is 101 cm³/mol.